The van der Waals surface area contributed by atoms with E-state index in [1.807, 2.05) is 12.1 Å². The number of carbonyl (C=O) groups excluding carboxylic acids is 1. The maximum Gasteiger partial charge on any atom is 0.261 e. The Kier molecular flexibility index (Phi) is 3.99. The molecule has 7 heteroatoms. The highest BCUT2D eigenvalue weighted by Crippen LogP contribution is 2.36. The molecule has 0 saturated carbocycles. The standard InChI is InChI=1S/C17H15N3O3S/c1-12(21)20-10-9-14-3-2-4-16(17(14)20)19-24(22,23)15-7-5-13(11-18)6-8-15/h2-8,19H,9-10H2,1H3. The molecule has 1 heterocycles. The molecule has 3 rings (SSSR count). The van der Waals surface area contributed by atoms with Crippen LogP contribution >= 0.6 is 0 Å². The zero-order valence-corrected chi connectivity index (χ0v) is 13.8. The van der Waals surface area contributed by atoms with Crippen molar-refractivity contribution in [3.8, 4) is 6.07 Å². The average molecular weight is 341 g/mol. The fourth-order valence-corrected chi connectivity index (χ4v) is 3.83. The summed E-state index contributed by atoms with van der Waals surface area (Å²) in [4.78, 5) is 13.4. The number of hydrogen-bond acceptors (Lipinski definition) is 4. The molecule has 1 N–H and O–H groups in total. The van der Waals surface area contributed by atoms with E-state index in [1.165, 1.54) is 31.2 Å². The molecule has 0 spiro atoms. The summed E-state index contributed by atoms with van der Waals surface area (Å²) in [5.41, 5.74) is 2.31. The van der Waals surface area contributed by atoms with Gasteiger partial charge < -0.3 is 4.90 Å². The van der Waals surface area contributed by atoms with Gasteiger partial charge in [-0.05, 0) is 42.3 Å². The number of nitriles is 1. The van der Waals surface area contributed by atoms with E-state index in [2.05, 4.69) is 4.72 Å². The van der Waals surface area contributed by atoms with Crippen molar-refractivity contribution in [2.75, 3.05) is 16.2 Å². The fourth-order valence-electron chi connectivity index (χ4n) is 2.77. The van der Waals surface area contributed by atoms with Gasteiger partial charge in [-0.3, -0.25) is 9.52 Å². The van der Waals surface area contributed by atoms with E-state index in [1.54, 1.807) is 17.0 Å². The molecule has 1 aliphatic rings. The second-order valence-electron chi connectivity index (χ2n) is 5.48. The Morgan fingerprint density at radius 3 is 2.54 bits per heavy atom. The Hall–Kier alpha value is -2.85. The van der Waals surface area contributed by atoms with Gasteiger partial charge in [0.25, 0.3) is 10.0 Å². The van der Waals surface area contributed by atoms with E-state index >= 15 is 0 Å². The first kappa shape index (κ1) is 16.0. The van der Waals surface area contributed by atoms with E-state index in [0.29, 0.717) is 29.9 Å². The SMILES string of the molecule is CC(=O)N1CCc2cccc(NS(=O)(=O)c3ccc(C#N)cc3)c21. The molecule has 24 heavy (non-hydrogen) atoms. The summed E-state index contributed by atoms with van der Waals surface area (Å²) in [6.45, 7) is 2.00. The minimum absolute atomic E-state index is 0.0616. The summed E-state index contributed by atoms with van der Waals surface area (Å²) in [6.07, 6.45) is 0.696. The molecule has 0 unspecified atom stereocenters. The number of rotatable bonds is 3. The Balaban J connectivity index is 1.98. The summed E-state index contributed by atoms with van der Waals surface area (Å²) < 4.78 is 27.7. The molecule has 122 valence electrons. The largest absolute Gasteiger partial charge is 0.310 e. The lowest BCUT2D eigenvalue weighted by atomic mass is 10.1. The third-order valence-electron chi connectivity index (χ3n) is 3.91. The van der Waals surface area contributed by atoms with Gasteiger partial charge in [0.1, 0.15) is 0 Å². The molecule has 0 saturated heterocycles. The van der Waals surface area contributed by atoms with Crippen LogP contribution < -0.4 is 9.62 Å². The lowest BCUT2D eigenvalue weighted by molar-refractivity contribution is -0.116. The first-order chi connectivity index (χ1) is 11.4. The zero-order chi connectivity index (χ0) is 17.3. The van der Waals surface area contributed by atoms with Crippen molar-refractivity contribution in [1.29, 1.82) is 5.26 Å². The lowest BCUT2D eigenvalue weighted by Crippen LogP contribution is -2.27. The number of para-hydroxylation sites is 1. The number of carbonyl (C=O) groups is 1. The van der Waals surface area contributed by atoms with Crippen molar-refractivity contribution in [3.05, 3.63) is 53.6 Å². The first-order valence-corrected chi connectivity index (χ1v) is 8.83. The third kappa shape index (κ3) is 2.84. The molecule has 0 fully saturated rings. The number of nitrogens with zero attached hydrogens (tertiary/aromatic N) is 2. The number of sulfonamides is 1. The van der Waals surface area contributed by atoms with Crippen LogP contribution in [0.2, 0.25) is 0 Å². The quantitative estimate of drug-likeness (QED) is 0.927. The Labute approximate surface area is 140 Å². The first-order valence-electron chi connectivity index (χ1n) is 7.35. The van der Waals surface area contributed by atoms with Crippen molar-refractivity contribution in [1.82, 2.24) is 0 Å². The maximum atomic E-state index is 12.6. The van der Waals surface area contributed by atoms with Gasteiger partial charge >= 0.3 is 0 Å². The van der Waals surface area contributed by atoms with Crippen LogP contribution in [-0.2, 0) is 21.2 Å². The molecule has 0 aromatic heterocycles. The highest BCUT2D eigenvalue weighted by Gasteiger charge is 2.27. The number of nitrogens with one attached hydrogen (secondary N) is 1. The highest BCUT2D eigenvalue weighted by atomic mass is 32.2. The second-order valence-corrected chi connectivity index (χ2v) is 7.16. The van der Waals surface area contributed by atoms with Crippen molar-refractivity contribution in [2.45, 2.75) is 18.2 Å². The average Bonchev–Trinajstić information content (AvgIpc) is 3.00. The minimum atomic E-state index is -3.81. The van der Waals surface area contributed by atoms with Crippen LogP contribution in [0.5, 0.6) is 0 Å². The summed E-state index contributed by atoms with van der Waals surface area (Å²) >= 11 is 0. The van der Waals surface area contributed by atoms with Crippen molar-refractivity contribution in [2.24, 2.45) is 0 Å². The van der Waals surface area contributed by atoms with Crippen LogP contribution in [0.25, 0.3) is 0 Å². The van der Waals surface area contributed by atoms with E-state index in [9.17, 15) is 13.2 Å². The van der Waals surface area contributed by atoms with Crippen molar-refractivity contribution in [3.63, 3.8) is 0 Å². The minimum Gasteiger partial charge on any atom is -0.310 e. The Morgan fingerprint density at radius 2 is 1.92 bits per heavy atom. The van der Waals surface area contributed by atoms with Gasteiger partial charge in [0.05, 0.1) is 27.9 Å². The van der Waals surface area contributed by atoms with Gasteiger partial charge in [-0.25, -0.2) is 8.42 Å². The Morgan fingerprint density at radius 1 is 1.21 bits per heavy atom. The van der Waals surface area contributed by atoms with Crippen molar-refractivity contribution < 1.29 is 13.2 Å². The van der Waals surface area contributed by atoms with Gasteiger partial charge in [-0.2, -0.15) is 5.26 Å². The topological polar surface area (TPSA) is 90.3 Å². The van der Waals surface area contributed by atoms with Crippen LogP contribution in [0.1, 0.15) is 18.1 Å². The zero-order valence-electron chi connectivity index (χ0n) is 13.0. The van der Waals surface area contributed by atoms with Gasteiger partial charge in [-0.1, -0.05) is 12.1 Å². The normalized spacial score (nSPS) is 13.2. The third-order valence-corrected chi connectivity index (χ3v) is 5.29. The monoisotopic (exact) mass is 341 g/mol. The number of amides is 1. The molecule has 0 bridgehead atoms. The smallest absolute Gasteiger partial charge is 0.261 e. The number of benzene rings is 2. The molecule has 0 aliphatic carbocycles. The summed E-state index contributed by atoms with van der Waals surface area (Å²) in [6, 6.07) is 12.9. The van der Waals surface area contributed by atoms with Crippen LogP contribution in [0.3, 0.4) is 0 Å². The van der Waals surface area contributed by atoms with Crippen LogP contribution in [0.15, 0.2) is 47.4 Å². The van der Waals surface area contributed by atoms with Crippen LogP contribution in [0, 0.1) is 11.3 Å². The van der Waals surface area contributed by atoms with E-state index in [4.69, 9.17) is 5.26 Å². The van der Waals surface area contributed by atoms with Crippen molar-refractivity contribution >= 4 is 27.3 Å². The molecule has 2 aromatic rings. The van der Waals surface area contributed by atoms with E-state index < -0.39 is 10.0 Å². The predicted octanol–water partition coefficient (Wildman–Crippen LogP) is 2.27. The van der Waals surface area contributed by atoms with E-state index in [0.717, 1.165) is 5.56 Å². The molecule has 6 nitrogen and oxygen atoms in total. The van der Waals surface area contributed by atoms with E-state index in [-0.39, 0.29) is 10.8 Å². The number of anilines is 2. The van der Waals surface area contributed by atoms with Crippen LogP contribution in [0.4, 0.5) is 11.4 Å². The molecule has 0 radical (unpaired) electrons. The second kappa shape index (κ2) is 5.98. The summed E-state index contributed by atoms with van der Waals surface area (Å²) in [7, 11) is -3.81. The van der Waals surface area contributed by atoms with Gasteiger partial charge in [0.15, 0.2) is 0 Å². The molecule has 2 aromatic carbocycles. The number of fused-ring (bicyclic) bond motifs is 1. The van der Waals surface area contributed by atoms with Gasteiger partial charge in [0.2, 0.25) is 5.91 Å². The molecule has 1 aliphatic heterocycles. The Bertz CT molecular complexity index is 944. The maximum absolute atomic E-state index is 12.6. The lowest BCUT2D eigenvalue weighted by Gasteiger charge is -2.19. The van der Waals surface area contributed by atoms with Gasteiger partial charge in [-0.15, -0.1) is 0 Å². The fraction of sp³-hybridized carbons (Fsp3) is 0.176. The molecular weight excluding hydrogens is 326 g/mol. The summed E-state index contributed by atoms with van der Waals surface area (Å²) in [5.74, 6) is -0.126. The van der Waals surface area contributed by atoms with Gasteiger partial charge in [0, 0.05) is 13.5 Å². The van der Waals surface area contributed by atoms with Crippen LogP contribution in [-0.4, -0.2) is 20.9 Å². The summed E-state index contributed by atoms with van der Waals surface area (Å²) in [5, 5.41) is 8.80. The molecule has 1 amide bonds. The highest BCUT2D eigenvalue weighted by molar-refractivity contribution is 7.92. The molecular formula is C17H15N3O3S. The molecule has 0 atom stereocenters. The number of hydrogen-bond donors (Lipinski definition) is 1. The predicted molar refractivity (Wildman–Crippen MR) is 90.1 cm³/mol.